The molecule has 156 valence electrons. The number of hydrogen-bond donors (Lipinski definition) is 1. The first-order valence-electron chi connectivity index (χ1n) is 8.83. The van der Waals surface area contributed by atoms with Crippen molar-refractivity contribution >= 4 is 23.4 Å². The van der Waals surface area contributed by atoms with E-state index < -0.39 is 23.6 Å². The van der Waals surface area contributed by atoms with Crippen LogP contribution in [0.25, 0.3) is 11.3 Å². The number of carbonyl (C=O) groups excluding carboxylic acids is 1. The van der Waals surface area contributed by atoms with E-state index in [0.717, 1.165) is 41.1 Å². The molecule has 1 heterocycles. The quantitative estimate of drug-likeness (QED) is 0.320. The van der Waals surface area contributed by atoms with Crippen molar-refractivity contribution in [3.8, 4) is 11.3 Å². The highest BCUT2D eigenvalue weighted by Crippen LogP contribution is 2.32. The van der Waals surface area contributed by atoms with Gasteiger partial charge in [-0.1, -0.05) is 17.8 Å². The molecular weight excluding hydrogens is 418 g/mol. The van der Waals surface area contributed by atoms with E-state index in [1.165, 1.54) is 12.1 Å². The van der Waals surface area contributed by atoms with Crippen LogP contribution in [0, 0.1) is 19.7 Å². The van der Waals surface area contributed by atoms with Gasteiger partial charge in [-0.2, -0.15) is 13.2 Å². The molecule has 3 aromatic rings. The molecule has 0 aliphatic carbocycles. The molecule has 0 bridgehead atoms. The third kappa shape index (κ3) is 5.79. The molecular formula is C21H17F4N3OS. The maximum Gasteiger partial charge on any atom is 0.433 e. The van der Waals surface area contributed by atoms with Crippen LogP contribution >= 0.6 is 11.8 Å². The molecule has 9 heteroatoms. The predicted octanol–water partition coefficient (Wildman–Crippen LogP) is 5.65. The lowest BCUT2D eigenvalue weighted by Crippen LogP contribution is -2.15. The first kappa shape index (κ1) is 21.8. The van der Waals surface area contributed by atoms with Crippen molar-refractivity contribution in [2.75, 3.05) is 11.1 Å². The van der Waals surface area contributed by atoms with E-state index in [1.807, 2.05) is 19.9 Å². The second-order valence-electron chi connectivity index (χ2n) is 6.64. The van der Waals surface area contributed by atoms with Crippen molar-refractivity contribution < 1.29 is 22.4 Å². The fourth-order valence-electron chi connectivity index (χ4n) is 2.78. The van der Waals surface area contributed by atoms with Gasteiger partial charge in [-0.05, 0) is 67.4 Å². The van der Waals surface area contributed by atoms with Gasteiger partial charge in [-0.25, -0.2) is 14.4 Å². The molecule has 0 aliphatic rings. The molecule has 3 rings (SSSR count). The number of nitrogens with zero attached hydrogens (tertiary/aromatic N) is 2. The molecule has 0 saturated carbocycles. The fourth-order valence-corrected chi connectivity index (χ4v) is 3.44. The van der Waals surface area contributed by atoms with Crippen molar-refractivity contribution in [1.29, 1.82) is 0 Å². The molecule has 0 unspecified atom stereocenters. The SMILES string of the molecule is Cc1cc(C)cc(NC(=O)CSc2nc(-c3ccc(F)cc3)cc(C(F)(F)F)n2)c1. The number of nitrogens with one attached hydrogen (secondary N) is 1. The van der Waals surface area contributed by atoms with Crippen LogP contribution in [0.5, 0.6) is 0 Å². The standard InChI is InChI=1S/C21H17F4N3OS/c1-12-7-13(2)9-16(8-12)26-19(29)11-30-20-27-17(10-18(28-20)21(23,24)25)14-3-5-15(22)6-4-14/h3-10H,11H2,1-2H3,(H,26,29). The molecule has 0 spiro atoms. The van der Waals surface area contributed by atoms with Crippen LogP contribution in [0.2, 0.25) is 0 Å². The molecule has 1 aromatic heterocycles. The van der Waals surface area contributed by atoms with Gasteiger partial charge < -0.3 is 5.32 Å². The largest absolute Gasteiger partial charge is 0.433 e. The van der Waals surface area contributed by atoms with Gasteiger partial charge in [-0.15, -0.1) is 0 Å². The van der Waals surface area contributed by atoms with E-state index in [0.29, 0.717) is 11.3 Å². The summed E-state index contributed by atoms with van der Waals surface area (Å²) in [5.74, 6) is -1.08. The molecule has 0 saturated heterocycles. The van der Waals surface area contributed by atoms with Gasteiger partial charge in [0.1, 0.15) is 11.5 Å². The molecule has 1 amide bonds. The number of thioether (sulfide) groups is 1. The Morgan fingerprint density at radius 3 is 2.23 bits per heavy atom. The summed E-state index contributed by atoms with van der Waals surface area (Å²) in [4.78, 5) is 19.9. The Morgan fingerprint density at radius 2 is 1.63 bits per heavy atom. The Kier molecular flexibility index (Phi) is 6.40. The first-order chi connectivity index (χ1) is 14.1. The summed E-state index contributed by atoms with van der Waals surface area (Å²) in [7, 11) is 0. The van der Waals surface area contributed by atoms with Crippen molar-refractivity contribution in [2.45, 2.75) is 25.2 Å². The van der Waals surface area contributed by atoms with Gasteiger partial charge in [0.15, 0.2) is 5.16 Å². The zero-order chi connectivity index (χ0) is 21.9. The number of aryl methyl sites for hydroxylation is 2. The Labute approximate surface area is 174 Å². The first-order valence-corrected chi connectivity index (χ1v) is 9.82. The number of benzene rings is 2. The zero-order valence-corrected chi connectivity index (χ0v) is 16.9. The van der Waals surface area contributed by atoms with E-state index in [2.05, 4.69) is 15.3 Å². The summed E-state index contributed by atoms with van der Waals surface area (Å²) in [5, 5.41) is 2.52. The molecule has 0 fully saturated rings. The topological polar surface area (TPSA) is 54.9 Å². The number of carbonyl (C=O) groups is 1. The maximum atomic E-state index is 13.3. The summed E-state index contributed by atoms with van der Waals surface area (Å²) in [6, 6.07) is 11.3. The minimum atomic E-state index is -4.69. The minimum absolute atomic E-state index is 0.00505. The van der Waals surface area contributed by atoms with Crippen LogP contribution in [-0.4, -0.2) is 21.6 Å². The van der Waals surface area contributed by atoms with E-state index >= 15 is 0 Å². The number of anilines is 1. The second-order valence-corrected chi connectivity index (χ2v) is 7.58. The average Bonchev–Trinajstić information content (AvgIpc) is 2.65. The number of amides is 1. The van der Waals surface area contributed by atoms with E-state index in [9.17, 15) is 22.4 Å². The van der Waals surface area contributed by atoms with Crippen LogP contribution in [-0.2, 0) is 11.0 Å². The van der Waals surface area contributed by atoms with Crippen LogP contribution in [0.1, 0.15) is 16.8 Å². The van der Waals surface area contributed by atoms with E-state index in [1.54, 1.807) is 12.1 Å². The minimum Gasteiger partial charge on any atom is -0.325 e. The smallest absolute Gasteiger partial charge is 0.325 e. The van der Waals surface area contributed by atoms with Gasteiger partial charge in [0, 0.05) is 11.3 Å². The van der Waals surface area contributed by atoms with Crippen LogP contribution in [0.4, 0.5) is 23.2 Å². The molecule has 1 N–H and O–H groups in total. The summed E-state index contributed by atoms with van der Waals surface area (Å²) < 4.78 is 52.9. The molecule has 0 aliphatic heterocycles. The fraction of sp³-hybridized carbons (Fsp3) is 0.190. The Balaban J connectivity index is 1.79. The Hall–Kier alpha value is -2.94. The number of aromatic nitrogens is 2. The summed E-state index contributed by atoms with van der Waals surface area (Å²) >= 11 is 0.790. The average molecular weight is 435 g/mol. The van der Waals surface area contributed by atoms with Gasteiger partial charge in [0.25, 0.3) is 0 Å². The van der Waals surface area contributed by atoms with Crippen molar-refractivity contribution in [3.63, 3.8) is 0 Å². The lowest BCUT2D eigenvalue weighted by molar-refractivity contribution is -0.141. The van der Waals surface area contributed by atoms with Gasteiger partial charge in [0.2, 0.25) is 5.91 Å². The van der Waals surface area contributed by atoms with Crippen LogP contribution < -0.4 is 5.32 Å². The molecule has 30 heavy (non-hydrogen) atoms. The highest BCUT2D eigenvalue weighted by atomic mass is 32.2. The Bertz CT molecular complexity index is 1050. The molecule has 2 aromatic carbocycles. The second kappa shape index (κ2) is 8.83. The third-order valence-corrected chi connectivity index (χ3v) is 4.82. The third-order valence-electron chi connectivity index (χ3n) is 3.97. The van der Waals surface area contributed by atoms with Gasteiger partial charge in [0.05, 0.1) is 11.4 Å². The number of halogens is 4. The summed E-state index contributed by atoms with van der Waals surface area (Å²) in [5.41, 5.74) is 1.73. The molecule has 0 atom stereocenters. The van der Waals surface area contributed by atoms with Crippen molar-refractivity contribution in [1.82, 2.24) is 9.97 Å². The van der Waals surface area contributed by atoms with Gasteiger partial charge in [-0.3, -0.25) is 4.79 Å². The van der Waals surface area contributed by atoms with Crippen molar-refractivity contribution in [3.05, 3.63) is 71.2 Å². The Morgan fingerprint density at radius 1 is 1.00 bits per heavy atom. The normalized spacial score (nSPS) is 11.4. The van der Waals surface area contributed by atoms with Crippen molar-refractivity contribution in [2.24, 2.45) is 0 Å². The maximum absolute atomic E-state index is 13.3. The van der Waals surface area contributed by atoms with Gasteiger partial charge >= 0.3 is 6.18 Å². The lowest BCUT2D eigenvalue weighted by Gasteiger charge is -2.11. The van der Waals surface area contributed by atoms with Crippen LogP contribution in [0.3, 0.4) is 0 Å². The predicted molar refractivity (Wildman–Crippen MR) is 108 cm³/mol. The van der Waals surface area contributed by atoms with E-state index in [-0.39, 0.29) is 16.6 Å². The highest BCUT2D eigenvalue weighted by Gasteiger charge is 2.34. The molecule has 4 nitrogen and oxygen atoms in total. The van der Waals surface area contributed by atoms with Crippen LogP contribution in [0.15, 0.2) is 53.7 Å². The zero-order valence-electron chi connectivity index (χ0n) is 16.0. The lowest BCUT2D eigenvalue weighted by atomic mass is 10.1. The number of rotatable bonds is 5. The highest BCUT2D eigenvalue weighted by molar-refractivity contribution is 7.99. The summed E-state index contributed by atoms with van der Waals surface area (Å²) in [6.45, 7) is 3.79. The number of alkyl halides is 3. The number of hydrogen-bond acceptors (Lipinski definition) is 4. The monoisotopic (exact) mass is 435 g/mol. The summed E-state index contributed by atoms with van der Waals surface area (Å²) in [6.07, 6.45) is -4.69. The van der Waals surface area contributed by atoms with E-state index in [4.69, 9.17) is 0 Å². The molecule has 0 radical (unpaired) electrons.